The first-order valence-electron chi connectivity index (χ1n) is 6.53. The Morgan fingerprint density at radius 3 is 2.10 bits per heavy atom. The highest BCUT2D eigenvalue weighted by Gasteiger charge is 2.42. The summed E-state index contributed by atoms with van der Waals surface area (Å²) in [6.45, 7) is 1.06. The molecule has 6 heteroatoms. The Hall–Kier alpha value is -1.14. The van der Waals surface area contributed by atoms with Crippen LogP contribution in [0.5, 0.6) is 0 Å². The monoisotopic (exact) mass is 302 g/mol. The SMILES string of the molecule is NC(=S)C(CN1CCc2ccccc2CC1)C(F)(F)F. The molecule has 20 heavy (non-hydrogen) atoms. The van der Waals surface area contributed by atoms with Gasteiger partial charge in [-0.15, -0.1) is 0 Å². The first-order chi connectivity index (χ1) is 9.38. The number of nitrogens with two attached hydrogens (primary N) is 1. The van der Waals surface area contributed by atoms with Crippen LogP contribution in [-0.4, -0.2) is 35.7 Å². The lowest BCUT2D eigenvalue weighted by molar-refractivity contribution is -0.159. The fourth-order valence-electron chi connectivity index (χ4n) is 2.51. The van der Waals surface area contributed by atoms with Crippen LogP contribution in [0.4, 0.5) is 13.2 Å². The van der Waals surface area contributed by atoms with Crippen molar-refractivity contribution in [3.63, 3.8) is 0 Å². The Morgan fingerprint density at radius 2 is 1.70 bits per heavy atom. The van der Waals surface area contributed by atoms with Gasteiger partial charge in [-0.3, -0.25) is 0 Å². The first-order valence-corrected chi connectivity index (χ1v) is 6.94. The predicted octanol–water partition coefficient (Wildman–Crippen LogP) is 2.55. The molecule has 1 heterocycles. The highest BCUT2D eigenvalue weighted by Crippen LogP contribution is 2.28. The molecule has 110 valence electrons. The van der Waals surface area contributed by atoms with Crippen molar-refractivity contribution in [2.45, 2.75) is 19.0 Å². The minimum absolute atomic E-state index is 0.146. The second kappa shape index (κ2) is 6.10. The number of rotatable bonds is 3. The van der Waals surface area contributed by atoms with Gasteiger partial charge in [-0.2, -0.15) is 13.2 Å². The van der Waals surface area contributed by atoms with Crippen molar-refractivity contribution >= 4 is 17.2 Å². The number of hydrogen-bond acceptors (Lipinski definition) is 2. The zero-order valence-corrected chi connectivity index (χ0v) is 11.8. The van der Waals surface area contributed by atoms with Crippen molar-refractivity contribution in [2.75, 3.05) is 19.6 Å². The predicted molar refractivity (Wildman–Crippen MR) is 76.6 cm³/mol. The van der Waals surface area contributed by atoms with Crippen LogP contribution in [0.2, 0.25) is 0 Å². The normalized spacial score (nSPS) is 18.1. The Balaban J connectivity index is 2.04. The fraction of sp³-hybridized carbons (Fsp3) is 0.500. The van der Waals surface area contributed by atoms with E-state index in [9.17, 15) is 13.2 Å². The summed E-state index contributed by atoms with van der Waals surface area (Å²) < 4.78 is 38.7. The Labute approximate surface area is 121 Å². The van der Waals surface area contributed by atoms with Gasteiger partial charge in [-0.05, 0) is 24.0 Å². The van der Waals surface area contributed by atoms with Crippen LogP contribution in [0.1, 0.15) is 11.1 Å². The largest absolute Gasteiger partial charge is 0.399 e. The molecule has 0 fully saturated rings. The summed E-state index contributed by atoms with van der Waals surface area (Å²) in [4.78, 5) is 1.33. The van der Waals surface area contributed by atoms with Crippen LogP contribution in [0.3, 0.4) is 0 Å². The lowest BCUT2D eigenvalue weighted by Crippen LogP contribution is -2.44. The summed E-state index contributed by atoms with van der Waals surface area (Å²) in [7, 11) is 0. The lowest BCUT2D eigenvalue weighted by Gasteiger charge is -2.27. The molecule has 1 aromatic rings. The van der Waals surface area contributed by atoms with Crippen molar-refractivity contribution in [2.24, 2.45) is 11.7 Å². The van der Waals surface area contributed by atoms with E-state index in [2.05, 4.69) is 12.2 Å². The second-order valence-corrected chi connectivity index (χ2v) is 5.54. The molecular weight excluding hydrogens is 285 g/mol. The Kier molecular flexibility index (Phi) is 4.65. The highest BCUT2D eigenvalue weighted by molar-refractivity contribution is 7.80. The third kappa shape index (κ3) is 3.70. The number of fused-ring (bicyclic) bond motifs is 1. The van der Waals surface area contributed by atoms with Crippen LogP contribution in [0.25, 0.3) is 0 Å². The van der Waals surface area contributed by atoms with Crippen molar-refractivity contribution in [1.82, 2.24) is 4.90 Å². The van der Waals surface area contributed by atoms with E-state index in [4.69, 9.17) is 5.73 Å². The highest BCUT2D eigenvalue weighted by atomic mass is 32.1. The molecule has 1 aliphatic rings. The summed E-state index contributed by atoms with van der Waals surface area (Å²) in [6.07, 6.45) is -2.85. The molecule has 2 nitrogen and oxygen atoms in total. The summed E-state index contributed by atoms with van der Waals surface area (Å²) in [5.74, 6) is -1.72. The number of hydrogen-bond donors (Lipinski definition) is 1. The van der Waals surface area contributed by atoms with E-state index in [0.717, 1.165) is 12.8 Å². The fourth-order valence-corrected chi connectivity index (χ4v) is 2.72. The van der Waals surface area contributed by atoms with E-state index in [1.165, 1.54) is 11.1 Å². The van der Waals surface area contributed by atoms with Crippen LogP contribution >= 0.6 is 12.2 Å². The third-order valence-corrected chi connectivity index (χ3v) is 3.98. The molecule has 0 spiro atoms. The maximum atomic E-state index is 12.9. The molecule has 0 radical (unpaired) electrons. The summed E-state index contributed by atoms with van der Waals surface area (Å²) in [5.41, 5.74) is 7.68. The van der Waals surface area contributed by atoms with Gasteiger partial charge in [-0.25, -0.2) is 0 Å². The quantitative estimate of drug-likeness (QED) is 0.870. The van der Waals surface area contributed by atoms with Gasteiger partial charge in [-0.1, -0.05) is 36.5 Å². The molecule has 2 N–H and O–H groups in total. The molecular formula is C14H17F3N2S. The Morgan fingerprint density at radius 1 is 1.20 bits per heavy atom. The van der Waals surface area contributed by atoms with Gasteiger partial charge in [0, 0.05) is 19.6 Å². The number of benzene rings is 1. The first kappa shape index (κ1) is 15.3. The zero-order chi connectivity index (χ0) is 14.8. The third-order valence-electron chi connectivity index (χ3n) is 3.69. The van der Waals surface area contributed by atoms with Crippen molar-refractivity contribution in [1.29, 1.82) is 0 Å². The van der Waals surface area contributed by atoms with Gasteiger partial charge in [0.2, 0.25) is 0 Å². The van der Waals surface area contributed by atoms with E-state index in [1.54, 1.807) is 4.90 Å². The molecule has 0 aromatic heterocycles. The van der Waals surface area contributed by atoms with E-state index in [1.807, 2.05) is 24.3 Å². The van der Waals surface area contributed by atoms with Crippen LogP contribution in [0.15, 0.2) is 24.3 Å². The second-order valence-electron chi connectivity index (χ2n) is 5.07. The molecule has 0 saturated heterocycles. The number of thiocarbonyl (C=S) groups is 1. The van der Waals surface area contributed by atoms with E-state index in [-0.39, 0.29) is 6.54 Å². The zero-order valence-electron chi connectivity index (χ0n) is 11.0. The lowest BCUT2D eigenvalue weighted by atomic mass is 10.0. The van der Waals surface area contributed by atoms with Gasteiger partial charge >= 0.3 is 6.18 Å². The number of alkyl halides is 3. The van der Waals surface area contributed by atoms with Crippen LogP contribution < -0.4 is 5.73 Å². The molecule has 0 aliphatic carbocycles. The molecule has 1 aliphatic heterocycles. The van der Waals surface area contributed by atoms with Gasteiger partial charge in [0.15, 0.2) is 0 Å². The van der Waals surface area contributed by atoms with E-state index >= 15 is 0 Å². The van der Waals surface area contributed by atoms with E-state index in [0.29, 0.717) is 13.1 Å². The van der Waals surface area contributed by atoms with Gasteiger partial charge in [0.25, 0.3) is 0 Å². The standard InChI is InChI=1S/C14H17F3N2S/c15-14(16,17)12(13(18)20)9-19-7-5-10-3-1-2-4-11(10)6-8-19/h1-4,12H,5-9H2,(H2,18,20). The summed E-state index contributed by atoms with van der Waals surface area (Å²) >= 11 is 4.57. The molecule has 0 bridgehead atoms. The molecule has 2 rings (SSSR count). The van der Waals surface area contributed by atoms with Gasteiger partial charge in [0.1, 0.15) is 5.92 Å². The topological polar surface area (TPSA) is 29.3 Å². The molecule has 1 atom stereocenters. The van der Waals surface area contributed by atoms with Gasteiger partial charge < -0.3 is 10.6 Å². The smallest absolute Gasteiger partial charge is 0.393 e. The summed E-state index contributed by atoms with van der Waals surface area (Å²) in [5, 5.41) is 0. The molecule has 0 saturated carbocycles. The average molecular weight is 302 g/mol. The maximum Gasteiger partial charge on any atom is 0.399 e. The minimum atomic E-state index is -4.37. The minimum Gasteiger partial charge on any atom is -0.393 e. The average Bonchev–Trinajstić information content (AvgIpc) is 2.56. The van der Waals surface area contributed by atoms with Crippen molar-refractivity contribution < 1.29 is 13.2 Å². The molecule has 1 unspecified atom stereocenters. The van der Waals surface area contributed by atoms with Crippen molar-refractivity contribution in [3.05, 3.63) is 35.4 Å². The van der Waals surface area contributed by atoms with E-state index < -0.39 is 17.1 Å². The Bertz CT molecular complexity index is 461. The number of nitrogens with zero attached hydrogens (tertiary/aromatic N) is 1. The van der Waals surface area contributed by atoms with Crippen LogP contribution in [-0.2, 0) is 12.8 Å². The number of halogens is 3. The summed E-state index contributed by atoms with van der Waals surface area (Å²) in [6, 6.07) is 7.99. The van der Waals surface area contributed by atoms with Crippen LogP contribution in [0, 0.1) is 5.92 Å². The van der Waals surface area contributed by atoms with Crippen molar-refractivity contribution in [3.8, 4) is 0 Å². The maximum absolute atomic E-state index is 12.9. The molecule has 1 aromatic carbocycles. The van der Waals surface area contributed by atoms with Gasteiger partial charge in [0.05, 0.1) is 4.99 Å². The molecule has 0 amide bonds.